The number of amides is 1. The van der Waals surface area contributed by atoms with Crippen LogP contribution in [0.5, 0.6) is 0 Å². The molecule has 2 aromatic heterocycles. The van der Waals surface area contributed by atoms with Gasteiger partial charge >= 0.3 is 18.0 Å². The van der Waals surface area contributed by atoms with Crippen LogP contribution in [0.1, 0.15) is 54.0 Å². The fourth-order valence-corrected chi connectivity index (χ4v) is 5.52. The number of rotatable bonds is 8. The van der Waals surface area contributed by atoms with E-state index in [0.29, 0.717) is 16.4 Å². The van der Waals surface area contributed by atoms with Crippen molar-refractivity contribution in [3.63, 3.8) is 0 Å². The Kier molecular flexibility index (Phi) is 7.85. The molecule has 2 N–H and O–H groups in total. The zero-order valence-electron chi connectivity index (χ0n) is 22.8. The van der Waals surface area contributed by atoms with Gasteiger partial charge in [0.2, 0.25) is 0 Å². The highest BCUT2D eigenvalue weighted by atomic mass is 32.1. The number of carboxylic acids is 1. The molecule has 10 heteroatoms. The van der Waals surface area contributed by atoms with Crippen LogP contribution < -0.4 is 5.32 Å². The van der Waals surface area contributed by atoms with E-state index in [1.807, 2.05) is 36.4 Å². The molecular weight excluding hydrogens is 542 g/mol. The van der Waals surface area contributed by atoms with Gasteiger partial charge in [-0.3, -0.25) is 4.98 Å². The Labute approximate surface area is 241 Å². The van der Waals surface area contributed by atoms with Gasteiger partial charge in [0.15, 0.2) is 5.69 Å². The van der Waals surface area contributed by atoms with Crippen LogP contribution in [-0.2, 0) is 20.7 Å². The monoisotopic (exact) mass is 571 g/mol. The third-order valence-electron chi connectivity index (χ3n) is 6.49. The molecule has 1 atom stereocenters. The Morgan fingerprint density at radius 1 is 0.951 bits per heavy atom. The van der Waals surface area contributed by atoms with Crippen LogP contribution >= 0.6 is 11.3 Å². The lowest BCUT2D eigenvalue weighted by Crippen LogP contribution is -2.46. The Morgan fingerprint density at radius 2 is 1.61 bits per heavy atom. The molecule has 1 aliphatic rings. The quantitative estimate of drug-likeness (QED) is 0.258. The number of carboxylic acid groups (broad SMARTS) is 1. The molecule has 0 bridgehead atoms. The molecule has 41 heavy (non-hydrogen) atoms. The fourth-order valence-electron chi connectivity index (χ4n) is 4.76. The van der Waals surface area contributed by atoms with Crippen LogP contribution in [0, 0.1) is 0 Å². The molecule has 1 amide bonds. The van der Waals surface area contributed by atoms with Crippen molar-refractivity contribution in [2.75, 3.05) is 6.61 Å². The van der Waals surface area contributed by atoms with Gasteiger partial charge in [-0.05, 0) is 55.2 Å². The summed E-state index contributed by atoms with van der Waals surface area (Å²) in [5.41, 5.74) is 4.51. The molecule has 0 fully saturated rings. The van der Waals surface area contributed by atoms with Crippen molar-refractivity contribution in [2.45, 2.75) is 44.8 Å². The predicted octanol–water partition coefficient (Wildman–Crippen LogP) is 5.69. The third kappa shape index (κ3) is 6.44. The molecule has 2 aromatic carbocycles. The summed E-state index contributed by atoms with van der Waals surface area (Å²) in [6.45, 7) is 5.34. The Bertz CT molecular complexity index is 1560. The van der Waals surface area contributed by atoms with Crippen molar-refractivity contribution in [1.82, 2.24) is 15.3 Å². The van der Waals surface area contributed by atoms with Crippen LogP contribution in [0.4, 0.5) is 4.79 Å². The number of fused-ring (bicyclic) bond motifs is 3. The first-order chi connectivity index (χ1) is 19.6. The van der Waals surface area contributed by atoms with Gasteiger partial charge in [-0.1, -0.05) is 54.6 Å². The number of ether oxygens (including phenoxy) is 2. The van der Waals surface area contributed by atoms with Gasteiger partial charge in [0, 0.05) is 23.4 Å². The van der Waals surface area contributed by atoms with E-state index < -0.39 is 29.7 Å². The van der Waals surface area contributed by atoms with E-state index in [1.54, 1.807) is 39.0 Å². The number of aromatic nitrogens is 2. The fraction of sp³-hybridized carbons (Fsp3) is 0.258. The summed E-state index contributed by atoms with van der Waals surface area (Å²) < 4.78 is 11.2. The summed E-state index contributed by atoms with van der Waals surface area (Å²) in [5.74, 6) is -1.87. The van der Waals surface area contributed by atoms with E-state index in [4.69, 9.17) is 9.47 Å². The molecule has 1 aliphatic carbocycles. The first kappa shape index (κ1) is 28.0. The van der Waals surface area contributed by atoms with Gasteiger partial charge in [-0.25, -0.2) is 19.4 Å². The number of carbonyl (C=O) groups is 3. The zero-order chi connectivity index (χ0) is 29.1. The lowest BCUT2D eigenvalue weighted by Gasteiger charge is -2.24. The minimum atomic E-state index is -1.12. The Morgan fingerprint density at radius 3 is 2.22 bits per heavy atom. The van der Waals surface area contributed by atoms with E-state index in [1.165, 1.54) is 5.38 Å². The second kappa shape index (κ2) is 11.5. The summed E-state index contributed by atoms with van der Waals surface area (Å²) in [6.07, 6.45) is -0.714. The minimum absolute atomic E-state index is 0.0319. The molecule has 210 valence electrons. The molecule has 0 spiro atoms. The molecule has 0 saturated heterocycles. The van der Waals surface area contributed by atoms with Crippen LogP contribution in [-0.4, -0.2) is 51.4 Å². The van der Waals surface area contributed by atoms with Crippen LogP contribution in [0.15, 0.2) is 72.1 Å². The van der Waals surface area contributed by atoms with Crippen molar-refractivity contribution in [3.8, 4) is 21.8 Å². The smallest absolute Gasteiger partial charge is 0.407 e. The van der Waals surface area contributed by atoms with Crippen molar-refractivity contribution >= 4 is 29.4 Å². The summed E-state index contributed by atoms with van der Waals surface area (Å²) in [4.78, 5) is 46.0. The lowest BCUT2D eigenvalue weighted by atomic mass is 9.98. The third-order valence-corrected chi connectivity index (χ3v) is 7.35. The zero-order valence-corrected chi connectivity index (χ0v) is 23.6. The van der Waals surface area contributed by atoms with E-state index in [2.05, 4.69) is 27.4 Å². The molecule has 0 aliphatic heterocycles. The van der Waals surface area contributed by atoms with Gasteiger partial charge in [0.25, 0.3) is 0 Å². The van der Waals surface area contributed by atoms with E-state index in [-0.39, 0.29) is 24.6 Å². The van der Waals surface area contributed by atoms with Gasteiger partial charge in [0.05, 0.1) is 5.69 Å². The first-order valence-corrected chi connectivity index (χ1v) is 14.0. The molecule has 9 nitrogen and oxygen atoms in total. The highest BCUT2D eigenvalue weighted by Gasteiger charge is 2.31. The minimum Gasteiger partial charge on any atom is -0.476 e. The number of thiazole rings is 1. The predicted molar refractivity (Wildman–Crippen MR) is 154 cm³/mol. The average Bonchev–Trinajstić information content (AvgIpc) is 3.55. The van der Waals surface area contributed by atoms with Crippen LogP contribution in [0.3, 0.4) is 0 Å². The highest BCUT2D eigenvalue weighted by molar-refractivity contribution is 7.13. The summed E-state index contributed by atoms with van der Waals surface area (Å²) in [6, 6.07) is 20.2. The number of hydrogen-bond donors (Lipinski definition) is 2. The molecule has 0 radical (unpaired) electrons. The number of carbonyl (C=O) groups excluding carboxylic acids is 2. The second-order valence-electron chi connectivity index (χ2n) is 10.6. The van der Waals surface area contributed by atoms with Crippen molar-refractivity contribution in [1.29, 1.82) is 0 Å². The van der Waals surface area contributed by atoms with Crippen molar-refractivity contribution in [3.05, 3.63) is 94.6 Å². The molecule has 4 aromatic rings. The maximum Gasteiger partial charge on any atom is 0.407 e. The summed E-state index contributed by atoms with van der Waals surface area (Å²) in [5, 5.41) is 13.7. The van der Waals surface area contributed by atoms with Crippen LogP contribution in [0.25, 0.3) is 21.8 Å². The van der Waals surface area contributed by atoms with Gasteiger partial charge < -0.3 is 19.9 Å². The molecule has 0 unspecified atom stereocenters. The Balaban J connectivity index is 1.31. The topological polar surface area (TPSA) is 128 Å². The van der Waals surface area contributed by atoms with E-state index >= 15 is 0 Å². The number of benzene rings is 2. The molecule has 2 heterocycles. The standard InChI is InChI=1S/C31H29N3O6S/c1-31(2,3)40-29(37)25(15-18-9-8-14-24(32-18)27-33-26(17-41-27)28(35)36)34-30(38)39-16-23-21-12-6-4-10-19(21)20-11-5-7-13-22(20)23/h4-14,17,23,25H,15-16H2,1-3H3,(H,34,38)(H,35,36)/t25-/m0/s1. The first-order valence-electron chi connectivity index (χ1n) is 13.1. The van der Waals surface area contributed by atoms with E-state index in [0.717, 1.165) is 33.6 Å². The number of nitrogens with one attached hydrogen (secondary N) is 1. The SMILES string of the molecule is CC(C)(C)OC(=O)[C@H](Cc1cccc(-c2nc(C(=O)O)cs2)n1)NC(=O)OCC1c2ccccc2-c2ccccc21. The Hall–Kier alpha value is -4.57. The largest absolute Gasteiger partial charge is 0.476 e. The van der Waals surface area contributed by atoms with Crippen LogP contribution in [0.2, 0.25) is 0 Å². The number of esters is 1. The summed E-state index contributed by atoms with van der Waals surface area (Å²) >= 11 is 1.16. The maximum absolute atomic E-state index is 13.1. The normalized spacial score (nSPS) is 13.1. The lowest BCUT2D eigenvalue weighted by molar-refractivity contribution is -0.157. The number of nitrogens with zero attached hydrogens (tertiary/aromatic N) is 2. The summed E-state index contributed by atoms with van der Waals surface area (Å²) in [7, 11) is 0. The molecular formula is C31H29N3O6S. The average molecular weight is 572 g/mol. The van der Waals surface area contributed by atoms with Gasteiger partial charge in [-0.2, -0.15) is 0 Å². The second-order valence-corrected chi connectivity index (χ2v) is 11.5. The highest BCUT2D eigenvalue weighted by Crippen LogP contribution is 2.44. The van der Waals surface area contributed by atoms with Gasteiger partial charge in [-0.15, -0.1) is 11.3 Å². The van der Waals surface area contributed by atoms with Gasteiger partial charge in [0.1, 0.15) is 23.3 Å². The maximum atomic E-state index is 13.1. The molecule has 5 rings (SSSR count). The van der Waals surface area contributed by atoms with E-state index in [9.17, 15) is 19.5 Å². The molecule has 0 saturated carbocycles. The number of pyridine rings is 1. The number of aromatic carboxylic acids is 1. The van der Waals surface area contributed by atoms with Crippen molar-refractivity contribution in [2.24, 2.45) is 0 Å². The van der Waals surface area contributed by atoms with Crippen molar-refractivity contribution < 1.29 is 29.0 Å². The number of hydrogen-bond acceptors (Lipinski definition) is 8. The number of alkyl carbamates (subject to hydrolysis) is 1.